The maximum Gasteiger partial charge on any atom is -0.0348 e. The summed E-state index contributed by atoms with van der Waals surface area (Å²) in [4.78, 5) is 0. The van der Waals surface area contributed by atoms with Gasteiger partial charge in [0, 0.05) is 0 Å². The molecule has 0 rings (SSSR count). The van der Waals surface area contributed by atoms with Gasteiger partial charge in [-0.05, 0) is 37.5 Å². The minimum absolute atomic E-state index is 0.847. The van der Waals surface area contributed by atoms with E-state index in [1.807, 2.05) is 0 Å². The van der Waals surface area contributed by atoms with Crippen molar-refractivity contribution >= 4 is 0 Å². The maximum atomic E-state index is 3.94. The van der Waals surface area contributed by atoms with E-state index in [2.05, 4.69) is 39.8 Å². The van der Waals surface area contributed by atoms with Crippen molar-refractivity contribution in [2.75, 3.05) is 0 Å². The van der Waals surface area contributed by atoms with E-state index >= 15 is 0 Å². The molecule has 2 radical (unpaired) electrons. The molecule has 0 saturated heterocycles. The highest BCUT2D eigenvalue weighted by atomic mass is 14.1. The van der Waals surface area contributed by atoms with E-state index in [4.69, 9.17) is 0 Å². The van der Waals surface area contributed by atoms with Crippen molar-refractivity contribution in [3.05, 3.63) is 26.0 Å². The Morgan fingerprint density at radius 1 is 0.481 bits per heavy atom. The van der Waals surface area contributed by atoms with Crippen LogP contribution >= 0.6 is 0 Å². The Balaban J connectivity index is 3.16. The summed E-state index contributed by atoms with van der Waals surface area (Å²) in [5.74, 6) is 1.77. The Morgan fingerprint density at radius 2 is 0.963 bits per heavy atom. The van der Waals surface area contributed by atoms with Gasteiger partial charge in [-0.15, -0.1) is 0 Å². The third-order valence-electron chi connectivity index (χ3n) is 5.95. The van der Waals surface area contributed by atoms with E-state index in [9.17, 15) is 0 Å². The topological polar surface area (TPSA) is 0 Å². The first-order valence-electron chi connectivity index (χ1n) is 12.4. The third kappa shape index (κ3) is 21.9. The second kappa shape index (κ2) is 22.0. The first-order valence-corrected chi connectivity index (χ1v) is 12.4. The first kappa shape index (κ1) is 26.7. The standard InChI is InChI=1S/C27H52/c1-5-7-23-27(4)25-21-19-17-15-13-11-9-8-10-12-14-16-18-20-24-26(3)22-6-2/h16,18,26-27H,1-2,5-15,17,19-25H2,3-4H3/b18-16+. The predicted molar refractivity (Wildman–Crippen MR) is 126 cm³/mol. The molecule has 160 valence electrons. The van der Waals surface area contributed by atoms with Gasteiger partial charge in [0.15, 0.2) is 0 Å². The number of allylic oxidation sites excluding steroid dienone is 2. The van der Waals surface area contributed by atoms with Crippen molar-refractivity contribution in [3.63, 3.8) is 0 Å². The van der Waals surface area contributed by atoms with Crippen molar-refractivity contribution in [1.82, 2.24) is 0 Å². The summed E-state index contributed by atoms with van der Waals surface area (Å²) >= 11 is 0. The number of rotatable bonds is 21. The molecule has 0 spiro atoms. The Morgan fingerprint density at radius 3 is 1.56 bits per heavy atom. The zero-order valence-corrected chi connectivity index (χ0v) is 19.2. The molecule has 0 bridgehead atoms. The van der Waals surface area contributed by atoms with Gasteiger partial charge in [0.2, 0.25) is 0 Å². The summed E-state index contributed by atoms with van der Waals surface area (Å²) in [6.07, 6.45) is 30.8. The van der Waals surface area contributed by atoms with E-state index in [1.165, 1.54) is 109 Å². The second-order valence-electron chi connectivity index (χ2n) is 9.01. The lowest BCUT2D eigenvalue weighted by Gasteiger charge is -2.10. The van der Waals surface area contributed by atoms with Gasteiger partial charge < -0.3 is 0 Å². The van der Waals surface area contributed by atoms with Crippen LogP contribution in [0.3, 0.4) is 0 Å². The summed E-state index contributed by atoms with van der Waals surface area (Å²) in [6, 6.07) is 0. The molecule has 0 nitrogen and oxygen atoms in total. The third-order valence-corrected chi connectivity index (χ3v) is 5.95. The Kier molecular flexibility index (Phi) is 21.8. The molecule has 0 aliphatic carbocycles. The molecular weight excluding hydrogens is 324 g/mol. The Bertz CT molecular complexity index is 290. The molecule has 0 saturated carbocycles. The van der Waals surface area contributed by atoms with E-state index in [0.717, 1.165) is 24.7 Å². The van der Waals surface area contributed by atoms with Gasteiger partial charge in [-0.2, -0.15) is 0 Å². The quantitative estimate of drug-likeness (QED) is 0.138. The molecule has 2 atom stereocenters. The van der Waals surface area contributed by atoms with Crippen LogP contribution in [-0.4, -0.2) is 0 Å². The van der Waals surface area contributed by atoms with Crippen LogP contribution in [0.25, 0.3) is 0 Å². The fourth-order valence-corrected chi connectivity index (χ4v) is 3.92. The van der Waals surface area contributed by atoms with Crippen molar-refractivity contribution in [3.8, 4) is 0 Å². The van der Waals surface area contributed by atoms with E-state index in [-0.39, 0.29) is 0 Å². The molecule has 0 N–H and O–H groups in total. The van der Waals surface area contributed by atoms with Crippen LogP contribution in [0, 0.1) is 25.7 Å². The average molecular weight is 377 g/mol. The van der Waals surface area contributed by atoms with Crippen molar-refractivity contribution in [2.24, 2.45) is 11.8 Å². The van der Waals surface area contributed by atoms with Gasteiger partial charge in [0.1, 0.15) is 0 Å². The van der Waals surface area contributed by atoms with Crippen molar-refractivity contribution in [1.29, 1.82) is 0 Å². The van der Waals surface area contributed by atoms with Crippen LogP contribution in [0.2, 0.25) is 0 Å². The lowest BCUT2D eigenvalue weighted by molar-refractivity contribution is 0.443. The summed E-state index contributed by atoms with van der Waals surface area (Å²) in [7, 11) is 0. The fraction of sp³-hybridized carbons (Fsp3) is 0.852. The van der Waals surface area contributed by atoms with Crippen LogP contribution in [0.15, 0.2) is 12.2 Å². The van der Waals surface area contributed by atoms with Crippen molar-refractivity contribution < 1.29 is 0 Å². The highest BCUT2D eigenvalue weighted by Crippen LogP contribution is 2.17. The van der Waals surface area contributed by atoms with Gasteiger partial charge >= 0.3 is 0 Å². The lowest BCUT2D eigenvalue weighted by atomic mass is 9.97. The maximum absolute atomic E-state index is 3.94. The summed E-state index contributed by atoms with van der Waals surface area (Å²) in [5, 5.41) is 0. The van der Waals surface area contributed by atoms with Gasteiger partial charge in [0.05, 0.1) is 0 Å². The van der Waals surface area contributed by atoms with Crippen LogP contribution < -0.4 is 0 Å². The average Bonchev–Trinajstić information content (AvgIpc) is 2.66. The molecule has 0 aromatic heterocycles. The minimum atomic E-state index is 0.847. The van der Waals surface area contributed by atoms with Gasteiger partial charge in [-0.25, -0.2) is 0 Å². The van der Waals surface area contributed by atoms with E-state index < -0.39 is 0 Å². The lowest BCUT2D eigenvalue weighted by Crippen LogP contribution is -1.94. The molecule has 0 heteroatoms. The Hall–Kier alpha value is -0.260. The van der Waals surface area contributed by atoms with Gasteiger partial charge in [-0.3, -0.25) is 0 Å². The molecule has 0 aromatic carbocycles. The largest absolute Gasteiger partial charge is 0.0885 e. The van der Waals surface area contributed by atoms with Crippen LogP contribution in [-0.2, 0) is 0 Å². The van der Waals surface area contributed by atoms with Crippen molar-refractivity contribution in [2.45, 2.75) is 136 Å². The normalized spacial score (nSPS) is 14.1. The second-order valence-corrected chi connectivity index (χ2v) is 9.01. The summed E-state index contributed by atoms with van der Waals surface area (Å²) in [6.45, 7) is 12.6. The molecule has 0 aromatic rings. The molecule has 0 heterocycles. The first-order chi connectivity index (χ1) is 13.2. The van der Waals surface area contributed by atoms with E-state index in [1.54, 1.807) is 0 Å². The van der Waals surface area contributed by atoms with Crippen LogP contribution in [0.5, 0.6) is 0 Å². The zero-order valence-electron chi connectivity index (χ0n) is 19.2. The minimum Gasteiger partial charge on any atom is -0.0885 e. The van der Waals surface area contributed by atoms with Gasteiger partial charge in [-0.1, -0.05) is 136 Å². The molecule has 0 fully saturated rings. The number of hydrogen-bond donors (Lipinski definition) is 0. The summed E-state index contributed by atoms with van der Waals surface area (Å²) < 4.78 is 0. The highest BCUT2D eigenvalue weighted by Gasteiger charge is 2.01. The smallest absolute Gasteiger partial charge is 0.0348 e. The SMILES string of the molecule is [CH2]CCCC(C)CCCCCCCCCCCC/C=C/CCC(C)CC[CH2]. The highest BCUT2D eigenvalue weighted by molar-refractivity contribution is 4.82. The van der Waals surface area contributed by atoms with Gasteiger partial charge in [0.25, 0.3) is 0 Å². The number of unbranched alkanes of at least 4 members (excludes halogenated alkanes) is 11. The predicted octanol–water partition coefficient (Wildman–Crippen LogP) is 9.89. The fourth-order valence-electron chi connectivity index (χ4n) is 3.92. The molecule has 2 unspecified atom stereocenters. The van der Waals surface area contributed by atoms with Crippen LogP contribution in [0.1, 0.15) is 136 Å². The molecule has 27 heavy (non-hydrogen) atoms. The number of hydrogen-bond acceptors (Lipinski definition) is 0. The van der Waals surface area contributed by atoms with E-state index in [0.29, 0.717) is 0 Å². The molecule has 0 amide bonds. The Labute approximate surface area is 174 Å². The summed E-state index contributed by atoms with van der Waals surface area (Å²) in [5.41, 5.74) is 0. The molecule has 0 aliphatic heterocycles. The monoisotopic (exact) mass is 376 g/mol. The molecular formula is C27H52. The molecule has 0 aliphatic rings. The van der Waals surface area contributed by atoms with Crippen LogP contribution in [0.4, 0.5) is 0 Å². The zero-order chi connectivity index (χ0) is 20.0.